The summed E-state index contributed by atoms with van der Waals surface area (Å²) in [5.74, 6) is 0.861. The molecule has 2 aromatic carbocycles. The largest absolute Gasteiger partial charge is 0.497 e. The number of hydrogen-bond acceptors (Lipinski definition) is 6. The highest BCUT2D eigenvalue weighted by molar-refractivity contribution is 7.89. The van der Waals surface area contributed by atoms with Gasteiger partial charge in [-0.25, -0.2) is 8.42 Å². The number of hydrogen-bond donors (Lipinski definition) is 0. The molecule has 2 aliphatic rings. The Hall–Kier alpha value is -2.29. The van der Waals surface area contributed by atoms with E-state index in [0.717, 1.165) is 37.6 Å². The Morgan fingerprint density at radius 1 is 0.759 bits per heavy atom. The number of sulfonamides is 1. The van der Waals surface area contributed by atoms with Crippen LogP contribution in [0.15, 0.2) is 53.4 Å². The van der Waals surface area contributed by atoms with Gasteiger partial charge in [0, 0.05) is 50.6 Å². The van der Waals surface area contributed by atoms with Crippen molar-refractivity contribution < 1.29 is 17.9 Å². The molecule has 2 aromatic rings. The highest BCUT2D eigenvalue weighted by Gasteiger charge is 2.26. The zero-order valence-corrected chi connectivity index (χ0v) is 17.5. The van der Waals surface area contributed by atoms with Crippen LogP contribution in [0.3, 0.4) is 0 Å². The molecule has 0 spiro atoms. The van der Waals surface area contributed by atoms with Gasteiger partial charge in [-0.1, -0.05) is 0 Å². The van der Waals surface area contributed by atoms with Gasteiger partial charge in [-0.2, -0.15) is 4.31 Å². The fourth-order valence-corrected chi connectivity index (χ4v) is 5.19. The summed E-state index contributed by atoms with van der Waals surface area (Å²) in [7, 11) is -1.77. The van der Waals surface area contributed by atoms with Crippen molar-refractivity contribution >= 4 is 21.4 Å². The number of morpholine rings is 1. The van der Waals surface area contributed by atoms with Crippen molar-refractivity contribution in [1.82, 2.24) is 4.31 Å². The summed E-state index contributed by atoms with van der Waals surface area (Å²) in [5, 5.41) is 0. The lowest BCUT2D eigenvalue weighted by Gasteiger charge is -2.37. The van der Waals surface area contributed by atoms with Gasteiger partial charge in [-0.3, -0.25) is 0 Å². The summed E-state index contributed by atoms with van der Waals surface area (Å²) < 4.78 is 37.5. The van der Waals surface area contributed by atoms with Crippen molar-refractivity contribution in [2.24, 2.45) is 0 Å². The maximum absolute atomic E-state index is 12.8. The minimum absolute atomic E-state index is 0.347. The van der Waals surface area contributed by atoms with Crippen LogP contribution in [0.25, 0.3) is 0 Å². The molecule has 0 aromatic heterocycles. The molecule has 2 aliphatic heterocycles. The van der Waals surface area contributed by atoms with Gasteiger partial charge in [-0.05, 0) is 48.5 Å². The second-order valence-corrected chi connectivity index (χ2v) is 9.12. The molecule has 0 atom stereocenters. The summed E-state index contributed by atoms with van der Waals surface area (Å²) in [4.78, 5) is 5.00. The zero-order chi connectivity index (χ0) is 20.3. The normalized spacial score (nSPS) is 18.7. The summed E-state index contributed by atoms with van der Waals surface area (Å²) >= 11 is 0. The monoisotopic (exact) mass is 417 g/mol. The van der Waals surface area contributed by atoms with Crippen molar-refractivity contribution in [2.45, 2.75) is 4.90 Å². The van der Waals surface area contributed by atoms with E-state index in [2.05, 4.69) is 21.9 Å². The fraction of sp³-hybridized carbons (Fsp3) is 0.429. The van der Waals surface area contributed by atoms with E-state index < -0.39 is 10.0 Å². The van der Waals surface area contributed by atoms with Crippen molar-refractivity contribution in [3.05, 3.63) is 48.5 Å². The maximum atomic E-state index is 12.8. The van der Waals surface area contributed by atoms with E-state index in [4.69, 9.17) is 9.47 Å². The minimum Gasteiger partial charge on any atom is -0.497 e. The van der Waals surface area contributed by atoms with Crippen LogP contribution in [-0.4, -0.2) is 72.3 Å². The molecule has 0 aliphatic carbocycles. The SMILES string of the molecule is COc1ccc(N2CCN(c3ccc(S(=O)(=O)N4CCOCC4)cc3)CC2)cc1. The number of rotatable bonds is 5. The lowest BCUT2D eigenvalue weighted by atomic mass is 10.2. The van der Waals surface area contributed by atoms with Crippen LogP contribution >= 0.6 is 0 Å². The second kappa shape index (κ2) is 8.61. The van der Waals surface area contributed by atoms with E-state index in [9.17, 15) is 8.42 Å². The second-order valence-electron chi connectivity index (χ2n) is 7.18. The van der Waals surface area contributed by atoms with E-state index in [0.29, 0.717) is 31.2 Å². The van der Waals surface area contributed by atoms with Crippen molar-refractivity contribution in [3.8, 4) is 5.75 Å². The molecule has 0 bridgehead atoms. The number of nitrogens with zero attached hydrogens (tertiary/aromatic N) is 3. The standard InChI is InChI=1S/C21H27N3O4S/c1-27-20-6-2-18(3-7-20)22-10-12-23(13-11-22)19-4-8-21(9-5-19)29(25,26)24-14-16-28-17-15-24/h2-9H,10-17H2,1H3. The highest BCUT2D eigenvalue weighted by atomic mass is 32.2. The molecule has 156 valence electrons. The topological polar surface area (TPSA) is 62.3 Å². The van der Waals surface area contributed by atoms with Gasteiger partial charge >= 0.3 is 0 Å². The number of piperazine rings is 1. The molecule has 0 unspecified atom stereocenters. The first-order chi connectivity index (χ1) is 14.1. The zero-order valence-electron chi connectivity index (χ0n) is 16.7. The van der Waals surface area contributed by atoms with Crippen molar-refractivity contribution in [2.75, 3.05) is 69.4 Å². The van der Waals surface area contributed by atoms with E-state index in [-0.39, 0.29) is 0 Å². The predicted octanol–water partition coefficient (Wildman–Crippen LogP) is 2.04. The smallest absolute Gasteiger partial charge is 0.243 e. The first-order valence-electron chi connectivity index (χ1n) is 9.90. The summed E-state index contributed by atoms with van der Waals surface area (Å²) in [6, 6.07) is 15.4. The van der Waals surface area contributed by atoms with E-state index >= 15 is 0 Å². The molecule has 0 N–H and O–H groups in total. The Labute approximate surface area is 172 Å². The molecule has 7 nitrogen and oxygen atoms in total. The molecule has 29 heavy (non-hydrogen) atoms. The van der Waals surface area contributed by atoms with Crippen LogP contribution in [0.1, 0.15) is 0 Å². The Kier molecular flexibility index (Phi) is 5.94. The molecule has 2 fully saturated rings. The molecule has 0 saturated carbocycles. The molecular weight excluding hydrogens is 390 g/mol. The van der Waals surface area contributed by atoms with Crippen LogP contribution in [0, 0.1) is 0 Å². The van der Waals surface area contributed by atoms with Crippen LogP contribution in [0.2, 0.25) is 0 Å². The maximum Gasteiger partial charge on any atom is 0.243 e. The van der Waals surface area contributed by atoms with Crippen LogP contribution in [0.5, 0.6) is 5.75 Å². The quantitative estimate of drug-likeness (QED) is 0.742. The van der Waals surface area contributed by atoms with Gasteiger partial charge in [0.1, 0.15) is 5.75 Å². The number of anilines is 2. The Balaban J connectivity index is 1.38. The first kappa shape index (κ1) is 20.0. The van der Waals surface area contributed by atoms with Gasteiger partial charge < -0.3 is 19.3 Å². The summed E-state index contributed by atoms with van der Waals surface area (Å²) in [5.41, 5.74) is 2.25. The number of methoxy groups -OCH3 is 1. The Bertz CT molecular complexity index is 902. The number of ether oxygens (including phenoxy) is 2. The molecule has 8 heteroatoms. The van der Waals surface area contributed by atoms with Gasteiger partial charge in [0.2, 0.25) is 10.0 Å². The minimum atomic E-state index is -3.44. The molecule has 2 heterocycles. The van der Waals surface area contributed by atoms with Crippen LogP contribution < -0.4 is 14.5 Å². The van der Waals surface area contributed by atoms with Crippen molar-refractivity contribution in [3.63, 3.8) is 0 Å². The Morgan fingerprint density at radius 2 is 1.24 bits per heavy atom. The molecule has 0 amide bonds. The van der Waals surface area contributed by atoms with Gasteiger partial charge in [0.15, 0.2) is 0 Å². The average Bonchev–Trinajstić information content (AvgIpc) is 2.80. The lowest BCUT2D eigenvalue weighted by Crippen LogP contribution is -2.46. The predicted molar refractivity (Wildman–Crippen MR) is 113 cm³/mol. The van der Waals surface area contributed by atoms with Crippen LogP contribution in [-0.2, 0) is 14.8 Å². The molecule has 2 saturated heterocycles. The third-order valence-electron chi connectivity index (χ3n) is 5.53. The van der Waals surface area contributed by atoms with Crippen LogP contribution in [0.4, 0.5) is 11.4 Å². The van der Waals surface area contributed by atoms with Gasteiger partial charge in [-0.15, -0.1) is 0 Å². The molecule has 4 rings (SSSR count). The van der Waals surface area contributed by atoms with E-state index in [1.54, 1.807) is 19.2 Å². The lowest BCUT2D eigenvalue weighted by molar-refractivity contribution is 0.0730. The van der Waals surface area contributed by atoms with Gasteiger partial charge in [0.05, 0.1) is 25.2 Å². The third kappa shape index (κ3) is 4.34. The highest BCUT2D eigenvalue weighted by Crippen LogP contribution is 2.25. The average molecular weight is 418 g/mol. The molecular formula is C21H27N3O4S. The first-order valence-corrected chi connectivity index (χ1v) is 11.3. The van der Waals surface area contributed by atoms with E-state index in [1.807, 2.05) is 24.3 Å². The Morgan fingerprint density at radius 3 is 1.72 bits per heavy atom. The van der Waals surface area contributed by atoms with Gasteiger partial charge in [0.25, 0.3) is 0 Å². The van der Waals surface area contributed by atoms with Crippen molar-refractivity contribution in [1.29, 1.82) is 0 Å². The molecule has 0 radical (unpaired) electrons. The number of benzene rings is 2. The third-order valence-corrected chi connectivity index (χ3v) is 7.44. The summed E-state index contributed by atoms with van der Waals surface area (Å²) in [6.07, 6.45) is 0. The fourth-order valence-electron chi connectivity index (χ4n) is 3.78. The summed E-state index contributed by atoms with van der Waals surface area (Å²) in [6.45, 7) is 5.35. The van der Waals surface area contributed by atoms with E-state index in [1.165, 1.54) is 9.99 Å².